The normalized spacial score (nSPS) is 11.7. The maximum atomic E-state index is 13.7. The van der Waals surface area contributed by atoms with Crippen molar-refractivity contribution in [1.29, 1.82) is 0 Å². The molecule has 0 fully saturated rings. The Bertz CT molecular complexity index is 1530. The minimum Gasteiger partial charge on any atom is -0.497 e. The van der Waals surface area contributed by atoms with Gasteiger partial charge in [0.1, 0.15) is 16.5 Å². The molecule has 0 bridgehead atoms. The van der Waals surface area contributed by atoms with Crippen molar-refractivity contribution in [3.63, 3.8) is 0 Å². The fourth-order valence-electron chi connectivity index (χ4n) is 3.62. The van der Waals surface area contributed by atoms with E-state index in [1.807, 2.05) is 0 Å². The first-order chi connectivity index (χ1) is 17.0. The standard InChI is InChI=1S/C23H20F4N4O4S.ClH/c1-28-10-14-13-31(36(32,33)18-7-15(24)11-29-12-18)21-8-16(3-5-19(14)21)30-20-6-4-17(34-2)9-22(20)35-23(25,26)27;/h3-9,11-13,28,30H,10H2,1-2H3;1H. The first-order valence-corrected chi connectivity index (χ1v) is 11.8. The van der Waals surface area contributed by atoms with Gasteiger partial charge in [0, 0.05) is 36.1 Å². The van der Waals surface area contributed by atoms with E-state index >= 15 is 0 Å². The molecule has 0 atom stereocenters. The maximum absolute atomic E-state index is 13.7. The molecule has 0 saturated carbocycles. The van der Waals surface area contributed by atoms with Gasteiger partial charge in [-0.05, 0) is 42.9 Å². The van der Waals surface area contributed by atoms with E-state index in [0.717, 1.165) is 28.5 Å². The molecule has 2 heterocycles. The topological polar surface area (TPSA) is 94.5 Å². The summed E-state index contributed by atoms with van der Waals surface area (Å²) in [5, 5.41) is 6.36. The second kappa shape index (κ2) is 10.8. The number of methoxy groups -OCH3 is 1. The molecule has 0 aliphatic rings. The summed E-state index contributed by atoms with van der Waals surface area (Å²) in [5.41, 5.74) is 1.11. The van der Waals surface area contributed by atoms with Gasteiger partial charge in [0.05, 0.1) is 24.5 Å². The van der Waals surface area contributed by atoms with Gasteiger partial charge in [-0.2, -0.15) is 0 Å². The molecule has 0 unspecified atom stereocenters. The summed E-state index contributed by atoms with van der Waals surface area (Å²) in [5.74, 6) is -1.20. The summed E-state index contributed by atoms with van der Waals surface area (Å²) in [7, 11) is -1.25. The summed E-state index contributed by atoms with van der Waals surface area (Å²) in [6.45, 7) is 0.329. The van der Waals surface area contributed by atoms with Gasteiger partial charge in [-0.3, -0.25) is 4.98 Å². The van der Waals surface area contributed by atoms with E-state index in [1.165, 1.54) is 31.5 Å². The number of aromatic nitrogens is 2. The zero-order valence-electron chi connectivity index (χ0n) is 19.3. The summed E-state index contributed by atoms with van der Waals surface area (Å²) in [6.07, 6.45) is -1.63. The second-order valence-electron chi connectivity index (χ2n) is 7.59. The number of alkyl halides is 3. The molecule has 8 nitrogen and oxygen atoms in total. The van der Waals surface area contributed by atoms with Gasteiger partial charge >= 0.3 is 6.36 Å². The Morgan fingerprint density at radius 2 is 1.84 bits per heavy atom. The Hall–Kier alpha value is -3.55. The number of hydrogen-bond acceptors (Lipinski definition) is 7. The summed E-state index contributed by atoms with van der Waals surface area (Å²) in [6, 6.07) is 9.39. The van der Waals surface area contributed by atoms with Gasteiger partial charge in [-0.25, -0.2) is 16.8 Å². The van der Waals surface area contributed by atoms with Crippen molar-refractivity contribution in [2.75, 3.05) is 19.5 Å². The molecule has 2 aromatic carbocycles. The van der Waals surface area contributed by atoms with Crippen LogP contribution < -0.4 is 20.1 Å². The van der Waals surface area contributed by atoms with E-state index in [4.69, 9.17) is 4.74 Å². The van der Waals surface area contributed by atoms with Crippen LogP contribution in [0.15, 0.2) is 66.0 Å². The van der Waals surface area contributed by atoms with Gasteiger partial charge < -0.3 is 20.1 Å². The van der Waals surface area contributed by atoms with Crippen LogP contribution in [-0.2, 0) is 16.6 Å². The predicted molar refractivity (Wildman–Crippen MR) is 132 cm³/mol. The van der Waals surface area contributed by atoms with E-state index in [2.05, 4.69) is 20.4 Å². The highest BCUT2D eigenvalue weighted by Gasteiger charge is 2.32. The van der Waals surface area contributed by atoms with Gasteiger partial charge in [0.15, 0.2) is 5.75 Å². The first kappa shape index (κ1) is 28.0. The minimum atomic E-state index is -4.95. The highest BCUT2D eigenvalue weighted by atomic mass is 35.5. The average molecular weight is 561 g/mol. The predicted octanol–water partition coefficient (Wildman–Crippen LogP) is 5.20. The third kappa shape index (κ3) is 6.06. The Morgan fingerprint density at radius 3 is 2.49 bits per heavy atom. The molecule has 0 spiro atoms. The number of benzene rings is 2. The number of anilines is 2. The van der Waals surface area contributed by atoms with Crippen LogP contribution in [0.25, 0.3) is 10.9 Å². The van der Waals surface area contributed by atoms with Crippen molar-refractivity contribution in [3.8, 4) is 11.5 Å². The van der Waals surface area contributed by atoms with Crippen LogP contribution in [0.4, 0.5) is 28.9 Å². The lowest BCUT2D eigenvalue weighted by Crippen LogP contribution is -2.18. The first-order valence-electron chi connectivity index (χ1n) is 10.4. The number of rotatable bonds is 8. The van der Waals surface area contributed by atoms with Gasteiger partial charge in [-0.15, -0.1) is 25.6 Å². The third-order valence-electron chi connectivity index (χ3n) is 5.15. The number of fused-ring (bicyclic) bond motifs is 1. The molecule has 0 amide bonds. The quantitative estimate of drug-likeness (QED) is 0.286. The lowest BCUT2D eigenvalue weighted by atomic mass is 10.1. The SMILES string of the molecule is CNCc1cn(S(=O)(=O)c2cncc(F)c2)c2cc(Nc3ccc(OC)cc3OC(F)(F)F)ccc12.Cl. The van der Waals surface area contributed by atoms with Crippen molar-refractivity contribution in [2.24, 2.45) is 0 Å². The molecule has 198 valence electrons. The molecule has 2 N–H and O–H groups in total. The molecule has 4 aromatic rings. The number of nitrogens with one attached hydrogen (secondary N) is 2. The molecular formula is C23H21ClF4N4O4S. The fourth-order valence-corrected chi connectivity index (χ4v) is 4.98. The zero-order chi connectivity index (χ0) is 26.1. The summed E-state index contributed by atoms with van der Waals surface area (Å²) >= 11 is 0. The Labute approximate surface area is 215 Å². The smallest absolute Gasteiger partial charge is 0.497 e. The van der Waals surface area contributed by atoms with E-state index < -0.39 is 28.0 Å². The van der Waals surface area contributed by atoms with Crippen molar-refractivity contribution in [3.05, 3.63) is 72.4 Å². The van der Waals surface area contributed by atoms with E-state index in [9.17, 15) is 26.0 Å². The van der Waals surface area contributed by atoms with Crippen LogP contribution in [0.1, 0.15) is 5.56 Å². The second-order valence-corrected chi connectivity index (χ2v) is 9.41. The minimum absolute atomic E-state index is 0. The molecule has 4 rings (SSSR count). The van der Waals surface area contributed by atoms with Crippen LogP contribution in [0.2, 0.25) is 0 Å². The van der Waals surface area contributed by atoms with Gasteiger partial charge in [0.2, 0.25) is 0 Å². The Kier molecular flexibility index (Phi) is 8.20. The van der Waals surface area contributed by atoms with Crippen LogP contribution >= 0.6 is 12.4 Å². The van der Waals surface area contributed by atoms with Crippen LogP contribution in [-0.4, -0.2) is 37.9 Å². The largest absolute Gasteiger partial charge is 0.573 e. The lowest BCUT2D eigenvalue weighted by molar-refractivity contribution is -0.274. The molecular weight excluding hydrogens is 540 g/mol. The highest BCUT2D eigenvalue weighted by molar-refractivity contribution is 7.90. The number of halogens is 5. The summed E-state index contributed by atoms with van der Waals surface area (Å²) in [4.78, 5) is 3.26. The van der Waals surface area contributed by atoms with Crippen molar-refractivity contribution < 1.29 is 35.5 Å². The number of nitrogens with zero attached hydrogens (tertiary/aromatic N) is 2. The van der Waals surface area contributed by atoms with E-state index in [1.54, 1.807) is 19.2 Å². The molecule has 14 heteroatoms. The van der Waals surface area contributed by atoms with Crippen LogP contribution in [0.5, 0.6) is 11.5 Å². The van der Waals surface area contributed by atoms with Crippen molar-refractivity contribution in [1.82, 2.24) is 14.3 Å². The molecule has 0 aliphatic carbocycles. The van der Waals surface area contributed by atoms with Gasteiger partial charge in [-0.1, -0.05) is 6.07 Å². The van der Waals surface area contributed by atoms with Crippen molar-refractivity contribution >= 4 is 44.7 Å². The highest BCUT2D eigenvalue weighted by Crippen LogP contribution is 2.36. The lowest BCUT2D eigenvalue weighted by Gasteiger charge is -2.16. The van der Waals surface area contributed by atoms with Gasteiger partial charge in [0.25, 0.3) is 10.0 Å². The third-order valence-corrected chi connectivity index (χ3v) is 6.79. The van der Waals surface area contributed by atoms with E-state index in [-0.39, 0.29) is 39.9 Å². The average Bonchev–Trinajstić information content (AvgIpc) is 3.18. The number of ether oxygens (including phenoxy) is 2. The summed E-state index contributed by atoms with van der Waals surface area (Å²) < 4.78 is 89.3. The zero-order valence-corrected chi connectivity index (χ0v) is 21.0. The molecule has 0 aliphatic heterocycles. The molecule has 0 saturated heterocycles. The maximum Gasteiger partial charge on any atom is 0.573 e. The molecule has 0 radical (unpaired) electrons. The van der Waals surface area contributed by atoms with E-state index in [0.29, 0.717) is 17.5 Å². The number of pyridine rings is 1. The van der Waals surface area contributed by atoms with Crippen LogP contribution in [0, 0.1) is 5.82 Å². The monoisotopic (exact) mass is 560 g/mol. The molecule has 37 heavy (non-hydrogen) atoms. The van der Waals surface area contributed by atoms with Crippen molar-refractivity contribution in [2.45, 2.75) is 17.8 Å². The Balaban J connectivity index is 0.00000380. The number of hydrogen-bond donors (Lipinski definition) is 2. The fraction of sp³-hybridized carbons (Fsp3) is 0.174. The Morgan fingerprint density at radius 1 is 1.08 bits per heavy atom. The molecule has 2 aromatic heterocycles. The van der Waals surface area contributed by atoms with Crippen LogP contribution in [0.3, 0.4) is 0 Å².